The maximum atomic E-state index is 12.7. The second-order valence-electron chi connectivity index (χ2n) is 7.04. The Morgan fingerprint density at radius 1 is 1.07 bits per heavy atom. The summed E-state index contributed by atoms with van der Waals surface area (Å²) in [6.45, 7) is 5.86. The van der Waals surface area contributed by atoms with E-state index in [1.165, 1.54) is 4.57 Å². The molecule has 0 aliphatic carbocycles. The van der Waals surface area contributed by atoms with Crippen molar-refractivity contribution < 1.29 is 5.11 Å². The molecule has 0 radical (unpaired) electrons. The Morgan fingerprint density at radius 3 is 2.34 bits per heavy atom. The van der Waals surface area contributed by atoms with Crippen LogP contribution in [0.5, 0.6) is 5.88 Å². The molecule has 146 valence electrons. The summed E-state index contributed by atoms with van der Waals surface area (Å²) in [5.74, 6) is -0.169. The van der Waals surface area contributed by atoms with Crippen LogP contribution >= 0.6 is 0 Å². The van der Waals surface area contributed by atoms with E-state index < -0.39 is 5.56 Å². The van der Waals surface area contributed by atoms with Gasteiger partial charge in [0.2, 0.25) is 5.88 Å². The Bertz CT molecular complexity index is 1150. The van der Waals surface area contributed by atoms with Crippen LogP contribution in [-0.4, -0.2) is 15.9 Å². The van der Waals surface area contributed by atoms with E-state index in [1.807, 2.05) is 68.4 Å². The van der Waals surface area contributed by atoms with E-state index in [0.29, 0.717) is 17.5 Å². The lowest BCUT2D eigenvalue weighted by atomic mass is 10.1. The summed E-state index contributed by atoms with van der Waals surface area (Å²) in [5.41, 5.74) is 4.24. The summed E-state index contributed by atoms with van der Waals surface area (Å²) in [5, 5.41) is 20.3. The normalized spacial score (nSPS) is 11.0. The SMILES string of the molecule is Cc1cccc(C)c1N=Cc1c(C)c(C#N)c(=O)n(CCc2ccccc2)c1O. The number of benzene rings is 2. The molecule has 0 saturated heterocycles. The monoisotopic (exact) mass is 385 g/mol. The minimum atomic E-state index is -0.484. The van der Waals surface area contributed by atoms with Gasteiger partial charge in [0.15, 0.2) is 0 Å². The van der Waals surface area contributed by atoms with Gasteiger partial charge in [0.1, 0.15) is 11.6 Å². The fraction of sp³-hybridized carbons (Fsp3) is 0.208. The molecule has 5 heteroatoms. The van der Waals surface area contributed by atoms with Crippen LogP contribution in [0, 0.1) is 32.1 Å². The molecule has 1 aromatic heterocycles. The average molecular weight is 385 g/mol. The van der Waals surface area contributed by atoms with Crippen LogP contribution in [0.3, 0.4) is 0 Å². The number of aryl methyl sites for hydroxylation is 3. The fourth-order valence-electron chi connectivity index (χ4n) is 3.36. The third kappa shape index (κ3) is 4.12. The van der Waals surface area contributed by atoms with Crippen LogP contribution in [-0.2, 0) is 13.0 Å². The number of hydrogen-bond acceptors (Lipinski definition) is 4. The van der Waals surface area contributed by atoms with Gasteiger partial charge in [-0.2, -0.15) is 5.26 Å². The van der Waals surface area contributed by atoms with Crippen molar-refractivity contribution >= 4 is 11.9 Å². The zero-order chi connectivity index (χ0) is 21.0. The van der Waals surface area contributed by atoms with Crippen LogP contribution in [0.1, 0.15) is 33.4 Å². The maximum Gasteiger partial charge on any atom is 0.271 e. The quantitative estimate of drug-likeness (QED) is 0.664. The van der Waals surface area contributed by atoms with Gasteiger partial charge in [-0.15, -0.1) is 0 Å². The largest absolute Gasteiger partial charge is 0.494 e. The zero-order valence-corrected chi connectivity index (χ0v) is 16.8. The molecular weight excluding hydrogens is 362 g/mol. The van der Waals surface area contributed by atoms with Crippen molar-refractivity contribution in [2.75, 3.05) is 0 Å². The maximum absolute atomic E-state index is 12.7. The Hall–Kier alpha value is -3.65. The van der Waals surface area contributed by atoms with E-state index in [1.54, 1.807) is 13.1 Å². The summed E-state index contributed by atoms with van der Waals surface area (Å²) in [6.07, 6.45) is 2.11. The lowest BCUT2D eigenvalue weighted by Gasteiger charge is -2.14. The Kier molecular flexibility index (Phi) is 5.94. The second-order valence-corrected chi connectivity index (χ2v) is 7.04. The topological polar surface area (TPSA) is 78.4 Å². The molecule has 5 nitrogen and oxygen atoms in total. The van der Waals surface area contributed by atoms with Crippen molar-refractivity contribution in [2.45, 2.75) is 33.7 Å². The van der Waals surface area contributed by atoms with Gasteiger partial charge in [-0.1, -0.05) is 48.5 Å². The number of pyridine rings is 1. The van der Waals surface area contributed by atoms with Crippen LogP contribution in [0.2, 0.25) is 0 Å². The first kappa shape index (κ1) is 20.1. The molecule has 0 amide bonds. The second kappa shape index (κ2) is 8.57. The molecule has 3 rings (SSSR count). The first-order valence-electron chi connectivity index (χ1n) is 9.44. The van der Waals surface area contributed by atoms with Crippen LogP contribution in [0.15, 0.2) is 58.3 Å². The predicted octanol–water partition coefficient (Wildman–Crippen LogP) is 4.34. The summed E-state index contributed by atoms with van der Waals surface area (Å²) in [6, 6.07) is 17.6. The number of rotatable bonds is 5. The molecule has 0 bridgehead atoms. The first-order valence-corrected chi connectivity index (χ1v) is 9.44. The molecule has 0 atom stereocenters. The third-order valence-electron chi connectivity index (χ3n) is 5.08. The van der Waals surface area contributed by atoms with Crippen molar-refractivity contribution in [3.8, 4) is 11.9 Å². The molecule has 0 spiro atoms. The van der Waals surface area contributed by atoms with E-state index in [-0.39, 0.29) is 18.0 Å². The standard InChI is InChI=1S/C24H23N3O2/c1-16-8-7-9-17(2)22(16)26-15-21-18(3)20(14-25)23(28)27(24(21)29)13-12-19-10-5-4-6-11-19/h4-11,15,29H,12-13H2,1-3H3. The number of aromatic hydroxyl groups is 1. The van der Waals surface area contributed by atoms with Crippen molar-refractivity contribution in [1.82, 2.24) is 4.57 Å². The third-order valence-corrected chi connectivity index (χ3v) is 5.08. The van der Waals surface area contributed by atoms with E-state index in [0.717, 1.165) is 22.4 Å². The number of aromatic nitrogens is 1. The minimum absolute atomic E-state index is 0.0267. The van der Waals surface area contributed by atoms with E-state index in [4.69, 9.17) is 0 Å². The highest BCUT2D eigenvalue weighted by Crippen LogP contribution is 2.25. The molecule has 2 aromatic carbocycles. The Morgan fingerprint density at radius 2 is 1.72 bits per heavy atom. The fourth-order valence-corrected chi connectivity index (χ4v) is 3.36. The minimum Gasteiger partial charge on any atom is -0.494 e. The van der Waals surface area contributed by atoms with Gasteiger partial charge in [-0.25, -0.2) is 0 Å². The molecule has 0 saturated carbocycles. The van der Waals surface area contributed by atoms with E-state index in [9.17, 15) is 15.2 Å². The summed E-state index contributed by atoms with van der Waals surface area (Å²) in [4.78, 5) is 17.3. The average Bonchev–Trinajstić information content (AvgIpc) is 2.70. The summed E-state index contributed by atoms with van der Waals surface area (Å²) >= 11 is 0. The predicted molar refractivity (Wildman–Crippen MR) is 115 cm³/mol. The van der Waals surface area contributed by atoms with Gasteiger partial charge >= 0.3 is 0 Å². The Balaban J connectivity index is 2.06. The van der Waals surface area contributed by atoms with Gasteiger partial charge in [0.05, 0.1) is 11.3 Å². The molecule has 29 heavy (non-hydrogen) atoms. The van der Waals surface area contributed by atoms with Crippen molar-refractivity contribution in [2.24, 2.45) is 4.99 Å². The lowest BCUT2D eigenvalue weighted by Crippen LogP contribution is -2.26. The lowest BCUT2D eigenvalue weighted by molar-refractivity contribution is 0.404. The van der Waals surface area contributed by atoms with Crippen molar-refractivity contribution in [3.63, 3.8) is 0 Å². The highest BCUT2D eigenvalue weighted by molar-refractivity contribution is 5.88. The van der Waals surface area contributed by atoms with E-state index >= 15 is 0 Å². The first-order chi connectivity index (χ1) is 13.9. The van der Waals surface area contributed by atoms with Gasteiger partial charge in [0.25, 0.3) is 5.56 Å². The number of hydrogen-bond donors (Lipinski definition) is 1. The molecule has 1 N–H and O–H groups in total. The molecule has 3 aromatic rings. The highest BCUT2D eigenvalue weighted by Gasteiger charge is 2.18. The highest BCUT2D eigenvalue weighted by atomic mass is 16.3. The Labute approximate surface area is 170 Å². The smallest absolute Gasteiger partial charge is 0.271 e. The molecule has 0 aliphatic heterocycles. The van der Waals surface area contributed by atoms with Gasteiger partial charge in [0, 0.05) is 12.8 Å². The molecule has 0 fully saturated rings. The molecular formula is C24H23N3O2. The molecule has 1 heterocycles. The van der Waals surface area contributed by atoms with Crippen LogP contribution in [0.4, 0.5) is 5.69 Å². The van der Waals surface area contributed by atoms with Crippen LogP contribution in [0.25, 0.3) is 0 Å². The molecule has 0 unspecified atom stereocenters. The number of nitriles is 1. The van der Waals surface area contributed by atoms with Gasteiger partial charge in [-0.3, -0.25) is 14.4 Å². The van der Waals surface area contributed by atoms with Crippen LogP contribution < -0.4 is 5.56 Å². The molecule has 0 aliphatic rings. The number of para-hydroxylation sites is 1. The van der Waals surface area contributed by atoms with Crippen molar-refractivity contribution in [1.29, 1.82) is 5.26 Å². The van der Waals surface area contributed by atoms with Gasteiger partial charge < -0.3 is 5.11 Å². The summed E-state index contributed by atoms with van der Waals surface area (Å²) in [7, 11) is 0. The summed E-state index contributed by atoms with van der Waals surface area (Å²) < 4.78 is 1.25. The van der Waals surface area contributed by atoms with Gasteiger partial charge in [-0.05, 0) is 49.4 Å². The van der Waals surface area contributed by atoms with E-state index in [2.05, 4.69) is 4.99 Å². The zero-order valence-electron chi connectivity index (χ0n) is 16.8. The number of aliphatic imine (C=N–C) groups is 1. The van der Waals surface area contributed by atoms with Crippen molar-refractivity contribution in [3.05, 3.63) is 92.3 Å². The number of nitrogens with zero attached hydrogens (tertiary/aromatic N) is 3.